The van der Waals surface area contributed by atoms with E-state index in [1.54, 1.807) is 23.1 Å². The lowest BCUT2D eigenvalue weighted by molar-refractivity contribution is 0.1000. The van der Waals surface area contributed by atoms with Gasteiger partial charge in [-0.1, -0.05) is 24.3 Å². The largest absolute Gasteiger partial charge is 0.366 e. The van der Waals surface area contributed by atoms with Gasteiger partial charge in [-0.25, -0.2) is 0 Å². The van der Waals surface area contributed by atoms with E-state index >= 15 is 0 Å². The van der Waals surface area contributed by atoms with Crippen molar-refractivity contribution >= 4 is 16.8 Å². The number of nitrogens with two attached hydrogens (primary N) is 1. The summed E-state index contributed by atoms with van der Waals surface area (Å²) in [6.45, 7) is 0. The average Bonchev–Trinajstić information content (AvgIpc) is 3.07. The van der Waals surface area contributed by atoms with Gasteiger partial charge in [-0.2, -0.15) is 5.10 Å². The van der Waals surface area contributed by atoms with Gasteiger partial charge in [-0.15, -0.1) is 0 Å². The number of primary amides is 1. The van der Waals surface area contributed by atoms with E-state index in [1.165, 1.54) is 6.20 Å². The number of carbonyl (C=O) groups is 1. The third-order valence-corrected chi connectivity index (χ3v) is 4.13. The second-order valence-electron chi connectivity index (χ2n) is 5.82. The molecule has 0 radical (unpaired) electrons. The Kier molecular flexibility index (Phi) is 3.50. The Bertz CT molecular complexity index is 1080. The molecule has 0 spiro atoms. The van der Waals surface area contributed by atoms with E-state index in [0.29, 0.717) is 5.56 Å². The number of hydrogen-bond acceptors (Lipinski definition) is 4. The molecular weight excluding hydrogens is 314 g/mol. The molecule has 0 saturated carbocycles. The van der Waals surface area contributed by atoms with Crippen LogP contribution in [-0.4, -0.2) is 25.7 Å². The zero-order valence-electron chi connectivity index (χ0n) is 13.5. The first-order chi connectivity index (χ1) is 12.1. The number of aryl methyl sites for hydroxylation is 1. The maximum atomic E-state index is 11.5. The zero-order valence-corrected chi connectivity index (χ0v) is 13.5. The molecule has 4 aromatic rings. The van der Waals surface area contributed by atoms with Gasteiger partial charge in [0.1, 0.15) is 0 Å². The first kappa shape index (κ1) is 15.0. The number of pyridine rings is 2. The SMILES string of the molecule is Cn1cc(-c2ccc(-c3cncc4ncc(C(N)=O)cc34)cc2)cn1. The van der Waals surface area contributed by atoms with E-state index in [9.17, 15) is 4.79 Å². The van der Waals surface area contributed by atoms with Crippen molar-refractivity contribution in [3.63, 3.8) is 0 Å². The predicted octanol–water partition coefficient (Wildman–Crippen LogP) is 2.80. The highest BCUT2D eigenvalue weighted by Gasteiger charge is 2.09. The molecule has 3 aromatic heterocycles. The molecule has 122 valence electrons. The molecular formula is C19H15N5O. The van der Waals surface area contributed by atoms with Gasteiger partial charge in [0.05, 0.1) is 23.5 Å². The van der Waals surface area contributed by atoms with Crippen molar-refractivity contribution in [1.29, 1.82) is 0 Å². The normalized spacial score (nSPS) is 10.9. The average molecular weight is 329 g/mol. The number of nitrogens with zero attached hydrogens (tertiary/aromatic N) is 4. The van der Waals surface area contributed by atoms with Gasteiger partial charge in [0.25, 0.3) is 0 Å². The predicted molar refractivity (Wildman–Crippen MR) is 95.7 cm³/mol. The summed E-state index contributed by atoms with van der Waals surface area (Å²) >= 11 is 0. The van der Waals surface area contributed by atoms with E-state index in [1.807, 2.05) is 43.7 Å². The third-order valence-electron chi connectivity index (χ3n) is 4.13. The van der Waals surface area contributed by atoms with E-state index in [2.05, 4.69) is 15.1 Å². The van der Waals surface area contributed by atoms with Gasteiger partial charge in [0.15, 0.2) is 0 Å². The number of amides is 1. The summed E-state index contributed by atoms with van der Waals surface area (Å²) in [5.74, 6) is -0.496. The van der Waals surface area contributed by atoms with E-state index < -0.39 is 5.91 Å². The maximum absolute atomic E-state index is 11.5. The van der Waals surface area contributed by atoms with Gasteiger partial charge in [0.2, 0.25) is 5.91 Å². The standard InChI is InChI=1S/C19H15N5O/c1-24-11-15(8-23-24)12-2-4-13(5-3-12)17-9-21-10-18-16(17)6-14(7-22-18)19(20)25/h2-11H,1H3,(H2,20,25). The Balaban J connectivity index is 1.81. The number of fused-ring (bicyclic) bond motifs is 1. The quantitative estimate of drug-likeness (QED) is 0.626. The number of benzene rings is 1. The van der Waals surface area contributed by atoms with Crippen molar-refractivity contribution in [3.8, 4) is 22.3 Å². The molecule has 1 aromatic carbocycles. The van der Waals surface area contributed by atoms with Gasteiger partial charge >= 0.3 is 0 Å². The van der Waals surface area contributed by atoms with Gasteiger partial charge in [-0.05, 0) is 17.2 Å². The topological polar surface area (TPSA) is 86.7 Å². The van der Waals surface area contributed by atoms with Crippen LogP contribution in [0.25, 0.3) is 33.2 Å². The van der Waals surface area contributed by atoms with E-state index in [-0.39, 0.29) is 0 Å². The second-order valence-corrected chi connectivity index (χ2v) is 5.82. The monoisotopic (exact) mass is 329 g/mol. The molecule has 0 atom stereocenters. The van der Waals surface area contributed by atoms with Crippen molar-refractivity contribution < 1.29 is 4.79 Å². The van der Waals surface area contributed by atoms with E-state index in [4.69, 9.17) is 5.73 Å². The smallest absolute Gasteiger partial charge is 0.250 e. The Morgan fingerprint density at radius 3 is 2.44 bits per heavy atom. The molecule has 25 heavy (non-hydrogen) atoms. The minimum atomic E-state index is -0.496. The Labute approximate surface area is 144 Å². The van der Waals surface area contributed by atoms with Crippen LogP contribution in [0.1, 0.15) is 10.4 Å². The van der Waals surface area contributed by atoms with Crippen molar-refractivity contribution in [2.45, 2.75) is 0 Å². The van der Waals surface area contributed by atoms with Crippen molar-refractivity contribution in [1.82, 2.24) is 19.7 Å². The first-order valence-electron chi connectivity index (χ1n) is 7.75. The van der Waals surface area contributed by atoms with Crippen LogP contribution in [0.2, 0.25) is 0 Å². The van der Waals surface area contributed by atoms with Crippen molar-refractivity contribution in [2.24, 2.45) is 12.8 Å². The number of aromatic nitrogens is 4. The lowest BCUT2D eigenvalue weighted by atomic mass is 9.99. The van der Waals surface area contributed by atoms with Crippen LogP contribution < -0.4 is 5.73 Å². The molecule has 0 aliphatic heterocycles. The Morgan fingerprint density at radius 2 is 1.76 bits per heavy atom. The Morgan fingerprint density at radius 1 is 1.00 bits per heavy atom. The number of carbonyl (C=O) groups excluding carboxylic acids is 1. The van der Waals surface area contributed by atoms with Crippen LogP contribution in [-0.2, 0) is 7.05 Å². The summed E-state index contributed by atoms with van der Waals surface area (Å²) in [5, 5.41) is 5.04. The lowest BCUT2D eigenvalue weighted by Crippen LogP contribution is -2.11. The van der Waals surface area contributed by atoms with E-state index in [0.717, 1.165) is 33.2 Å². The van der Waals surface area contributed by atoms with Crippen LogP contribution in [0, 0.1) is 0 Å². The van der Waals surface area contributed by atoms with Crippen LogP contribution >= 0.6 is 0 Å². The summed E-state index contributed by atoms with van der Waals surface area (Å²) in [6, 6.07) is 9.88. The zero-order chi connectivity index (χ0) is 17.4. The minimum Gasteiger partial charge on any atom is -0.366 e. The highest BCUT2D eigenvalue weighted by atomic mass is 16.1. The molecule has 0 aliphatic rings. The van der Waals surface area contributed by atoms with Crippen LogP contribution in [0.3, 0.4) is 0 Å². The fourth-order valence-electron chi connectivity index (χ4n) is 2.82. The molecule has 0 unspecified atom stereocenters. The van der Waals surface area contributed by atoms with Crippen molar-refractivity contribution in [2.75, 3.05) is 0 Å². The Hall–Kier alpha value is -3.54. The molecule has 6 nitrogen and oxygen atoms in total. The van der Waals surface area contributed by atoms with Crippen LogP contribution in [0.4, 0.5) is 0 Å². The third kappa shape index (κ3) is 2.74. The fourth-order valence-corrected chi connectivity index (χ4v) is 2.82. The molecule has 4 rings (SSSR count). The van der Waals surface area contributed by atoms with Crippen LogP contribution in [0.5, 0.6) is 0 Å². The van der Waals surface area contributed by atoms with Crippen molar-refractivity contribution in [3.05, 3.63) is 66.9 Å². The summed E-state index contributed by atoms with van der Waals surface area (Å²) in [6.07, 6.45) is 8.72. The fraction of sp³-hybridized carbons (Fsp3) is 0.0526. The molecule has 0 saturated heterocycles. The molecule has 6 heteroatoms. The van der Waals surface area contributed by atoms with Crippen LogP contribution in [0.15, 0.2) is 61.3 Å². The summed E-state index contributed by atoms with van der Waals surface area (Å²) in [4.78, 5) is 20.0. The second kappa shape index (κ2) is 5.83. The number of rotatable bonds is 3. The summed E-state index contributed by atoms with van der Waals surface area (Å²) < 4.78 is 1.77. The minimum absolute atomic E-state index is 0.381. The molecule has 0 fully saturated rings. The molecule has 2 N–H and O–H groups in total. The van der Waals surface area contributed by atoms with Gasteiger partial charge < -0.3 is 5.73 Å². The molecule has 3 heterocycles. The highest BCUT2D eigenvalue weighted by molar-refractivity contribution is 6.00. The molecule has 0 bridgehead atoms. The summed E-state index contributed by atoms with van der Waals surface area (Å²) in [7, 11) is 1.89. The number of hydrogen-bond donors (Lipinski definition) is 1. The first-order valence-corrected chi connectivity index (χ1v) is 7.75. The maximum Gasteiger partial charge on any atom is 0.250 e. The van der Waals surface area contributed by atoms with Gasteiger partial charge in [0, 0.05) is 42.2 Å². The molecule has 1 amide bonds. The lowest BCUT2D eigenvalue weighted by Gasteiger charge is -2.08. The molecule has 0 aliphatic carbocycles. The van der Waals surface area contributed by atoms with Gasteiger partial charge in [-0.3, -0.25) is 19.4 Å². The summed E-state index contributed by atoms with van der Waals surface area (Å²) in [5.41, 5.74) is 10.5. The highest BCUT2D eigenvalue weighted by Crippen LogP contribution is 2.29.